The molecule has 7 nitrogen and oxygen atoms in total. The van der Waals surface area contributed by atoms with Crippen molar-refractivity contribution in [3.63, 3.8) is 0 Å². The average Bonchev–Trinajstić information content (AvgIpc) is 2.57. The molecular weight excluding hydrogens is 191 g/mol. The molecule has 14 heavy (non-hydrogen) atoms. The lowest BCUT2D eigenvalue weighted by molar-refractivity contribution is 0.278. The minimum atomic E-state index is -2.17. The maximum Gasteiger partial charge on any atom is 0.631 e. The summed E-state index contributed by atoms with van der Waals surface area (Å²) in [7, 11) is -2.17. The van der Waals surface area contributed by atoms with Gasteiger partial charge in [0.1, 0.15) is 5.69 Å². The lowest BCUT2D eigenvalue weighted by atomic mass is 10.3. The average molecular weight is 196 g/mol. The lowest BCUT2D eigenvalue weighted by Gasteiger charge is -1.72. The Balaban J connectivity index is 0.000000213. The minimum Gasteiger partial charge on any atom is -0.402 e. The fourth-order valence-electron chi connectivity index (χ4n) is 0.854. The molecule has 0 amide bonds. The van der Waals surface area contributed by atoms with Crippen LogP contribution >= 0.6 is 0 Å². The van der Waals surface area contributed by atoms with Crippen LogP contribution in [0.25, 0.3) is 11.4 Å². The molecule has 2 rings (SSSR count). The molecule has 2 aliphatic heterocycles. The molecule has 0 radical (unpaired) electrons. The molecule has 2 heterocycles. The van der Waals surface area contributed by atoms with E-state index in [1.165, 1.54) is 12.3 Å². The van der Waals surface area contributed by atoms with Gasteiger partial charge in [0.15, 0.2) is 0 Å². The van der Waals surface area contributed by atoms with E-state index < -0.39 is 18.3 Å². The monoisotopic (exact) mass is 196 g/mol. The van der Waals surface area contributed by atoms with E-state index in [-0.39, 0.29) is 5.69 Å². The van der Waals surface area contributed by atoms with E-state index in [0.29, 0.717) is 5.69 Å². The van der Waals surface area contributed by atoms with E-state index in [0.717, 1.165) is 0 Å². The van der Waals surface area contributed by atoms with E-state index in [2.05, 4.69) is 9.97 Å². The molecular formula is C6H5BN2O5. The van der Waals surface area contributed by atoms with Crippen molar-refractivity contribution < 1.29 is 15.1 Å². The van der Waals surface area contributed by atoms with Gasteiger partial charge in [-0.05, 0) is 6.07 Å². The maximum atomic E-state index is 10.8. The number of aromatic nitrogens is 2. The van der Waals surface area contributed by atoms with Gasteiger partial charge in [-0.1, -0.05) is 0 Å². The molecule has 0 fully saturated rings. The van der Waals surface area contributed by atoms with Crippen LogP contribution in [-0.4, -0.2) is 32.4 Å². The highest BCUT2D eigenvalue weighted by atomic mass is 16.5. The largest absolute Gasteiger partial charge is 0.631 e. The molecule has 0 aromatic heterocycles. The fourth-order valence-corrected chi connectivity index (χ4v) is 0.854. The standard InChI is InChI=1S/C6H2N2O2.BH3O3/c9-5-4-3(1-2-7-4)8-6(5)10;2-1(3)4/h1-2H;2-4H. The van der Waals surface area contributed by atoms with Gasteiger partial charge in [-0.25, -0.2) is 4.98 Å². The summed E-state index contributed by atoms with van der Waals surface area (Å²) in [5, 5.41) is 21.5. The van der Waals surface area contributed by atoms with Crippen molar-refractivity contribution in [2.45, 2.75) is 0 Å². The highest BCUT2D eigenvalue weighted by Crippen LogP contribution is 2.08. The van der Waals surface area contributed by atoms with E-state index in [1.54, 1.807) is 0 Å². The fraction of sp³-hybridized carbons (Fsp3) is 0. The van der Waals surface area contributed by atoms with Crippen LogP contribution in [0.15, 0.2) is 21.9 Å². The van der Waals surface area contributed by atoms with Gasteiger partial charge in [-0.2, -0.15) is 0 Å². The number of fused-ring (bicyclic) bond motifs is 1. The predicted molar refractivity (Wildman–Crippen MR) is 46.0 cm³/mol. The Kier molecular flexibility index (Phi) is 3.02. The summed E-state index contributed by atoms with van der Waals surface area (Å²) < 4.78 is 0. The van der Waals surface area contributed by atoms with Crippen LogP contribution in [0.3, 0.4) is 0 Å². The van der Waals surface area contributed by atoms with Crippen molar-refractivity contribution in [2.75, 3.05) is 0 Å². The first kappa shape index (κ1) is 10.4. The maximum absolute atomic E-state index is 10.8. The summed E-state index contributed by atoms with van der Waals surface area (Å²) in [6.45, 7) is 0. The normalized spacial score (nSPS) is 9.64. The molecule has 0 spiro atoms. The summed E-state index contributed by atoms with van der Waals surface area (Å²) in [6, 6.07) is 1.54. The van der Waals surface area contributed by atoms with Gasteiger partial charge in [0.05, 0.1) is 5.69 Å². The molecule has 72 valence electrons. The molecule has 0 saturated carbocycles. The molecule has 8 heteroatoms. The van der Waals surface area contributed by atoms with Gasteiger partial charge in [0.2, 0.25) is 0 Å². The Morgan fingerprint density at radius 2 is 1.79 bits per heavy atom. The van der Waals surface area contributed by atoms with Gasteiger partial charge >= 0.3 is 12.9 Å². The summed E-state index contributed by atoms with van der Waals surface area (Å²) in [6.07, 6.45) is 1.46. The van der Waals surface area contributed by atoms with Gasteiger partial charge in [0.25, 0.3) is 5.43 Å². The Bertz CT molecular complexity index is 461. The summed E-state index contributed by atoms with van der Waals surface area (Å²) in [5.41, 5.74) is -0.724. The molecule has 2 aliphatic rings. The third-order valence-corrected chi connectivity index (χ3v) is 1.31. The van der Waals surface area contributed by atoms with Crippen LogP contribution in [-0.2, 0) is 0 Å². The van der Waals surface area contributed by atoms with Crippen LogP contribution in [0.1, 0.15) is 0 Å². The Morgan fingerprint density at radius 1 is 1.21 bits per heavy atom. The van der Waals surface area contributed by atoms with Crippen LogP contribution in [0.5, 0.6) is 0 Å². The minimum absolute atomic E-state index is 0.185. The Morgan fingerprint density at radius 3 is 2.29 bits per heavy atom. The number of rotatable bonds is 0. The topological polar surface area (TPSA) is 121 Å². The third kappa shape index (κ3) is 2.19. The first-order valence-corrected chi connectivity index (χ1v) is 3.48. The smallest absolute Gasteiger partial charge is 0.402 e. The van der Waals surface area contributed by atoms with Gasteiger partial charge in [0, 0.05) is 6.20 Å². The third-order valence-electron chi connectivity index (χ3n) is 1.31. The van der Waals surface area contributed by atoms with Crippen LogP contribution in [0.4, 0.5) is 0 Å². The summed E-state index contributed by atoms with van der Waals surface area (Å²) in [5.74, 6) is 0. The summed E-state index contributed by atoms with van der Waals surface area (Å²) in [4.78, 5) is 28.4. The molecule has 0 saturated heterocycles. The highest BCUT2D eigenvalue weighted by molar-refractivity contribution is 6.30. The molecule has 0 unspecified atom stereocenters. The van der Waals surface area contributed by atoms with E-state index >= 15 is 0 Å². The zero-order chi connectivity index (χ0) is 10.7. The first-order valence-electron chi connectivity index (χ1n) is 3.48. The highest BCUT2D eigenvalue weighted by Gasteiger charge is 2.14. The van der Waals surface area contributed by atoms with Crippen molar-refractivity contribution in [3.05, 3.63) is 32.8 Å². The van der Waals surface area contributed by atoms with Crippen molar-refractivity contribution >= 4 is 7.32 Å². The van der Waals surface area contributed by atoms with E-state index in [1.807, 2.05) is 0 Å². The van der Waals surface area contributed by atoms with Gasteiger partial charge < -0.3 is 15.1 Å². The van der Waals surface area contributed by atoms with Crippen molar-refractivity contribution in [1.29, 1.82) is 0 Å². The lowest BCUT2D eigenvalue weighted by Crippen LogP contribution is -2.19. The molecule has 0 aromatic rings. The second-order valence-corrected chi connectivity index (χ2v) is 2.27. The Hall–Kier alpha value is -1.64. The van der Waals surface area contributed by atoms with Crippen LogP contribution in [0.2, 0.25) is 0 Å². The van der Waals surface area contributed by atoms with Gasteiger partial charge in [-0.15, -0.1) is 0 Å². The Labute approximate surface area is 77.5 Å². The number of hydrogen-bond donors (Lipinski definition) is 3. The SMILES string of the molecule is O=c1nc2ccnc-2c1=O.OB(O)O. The van der Waals surface area contributed by atoms with Crippen LogP contribution < -0.4 is 11.0 Å². The first-order chi connectivity index (χ1) is 6.52. The van der Waals surface area contributed by atoms with Gasteiger partial charge in [-0.3, -0.25) is 14.6 Å². The number of hydrogen-bond acceptors (Lipinski definition) is 7. The van der Waals surface area contributed by atoms with Crippen molar-refractivity contribution in [3.8, 4) is 11.4 Å². The number of nitrogens with zero attached hydrogens (tertiary/aromatic N) is 2. The summed E-state index contributed by atoms with van der Waals surface area (Å²) >= 11 is 0. The van der Waals surface area contributed by atoms with E-state index in [4.69, 9.17) is 15.1 Å². The van der Waals surface area contributed by atoms with Crippen LogP contribution in [0, 0.1) is 0 Å². The van der Waals surface area contributed by atoms with Crippen molar-refractivity contribution in [1.82, 2.24) is 9.97 Å². The molecule has 0 aliphatic carbocycles. The van der Waals surface area contributed by atoms with Crippen molar-refractivity contribution in [2.24, 2.45) is 0 Å². The van der Waals surface area contributed by atoms with E-state index in [9.17, 15) is 9.59 Å². The second kappa shape index (κ2) is 4.05. The molecule has 0 atom stereocenters. The second-order valence-electron chi connectivity index (χ2n) is 2.27. The zero-order valence-corrected chi connectivity index (χ0v) is 6.78. The molecule has 0 aromatic carbocycles. The molecule has 3 N–H and O–H groups in total. The quantitative estimate of drug-likeness (QED) is 0.305. The zero-order valence-electron chi connectivity index (χ0n) is 6.78. The molecule has 0 bridgehead atoms. The predicted octanol–water partition coefficient (Wildman–Crippen LogP) is -2.87.